The standard InChI is InChI=1S/C9H6F3I/c1-6(13)7-2-4-8(5-3-7)9(10,11)12/h2-5H,1H2. The highest BCUT2D eigenvalue weighted by atomic mass is 127. The third-order valence-electron chi connectivity index (χ3n) is 1.53. The summed E-state index contributed by atoms with van der Waals surface area (Å²) >= 11 is 1.97. The van der Waals surface area contributed by atoms with Crippen LogP contribution in [0.1, 0.15) is 11.1 Å². The van der Waals surface area contributed by atoms with Gasteiger partial charge >= 0.3 is 6.18 Å². The van der Waals surface area contributed by atoms with Gasteiger partial charge in [0.25, 0.3) is 0 Å². The highest BCUT2D eigenvalue weighted by molar-refractivity contribution is 14.1. The molecule has 0 radical (unpaired) electrons. The van der Waals surface area contributed by atoms with Crippen molar-refractivity contribution < 1.29 is 13.2 Å². The van der Waals surface area contributed by atoms with Crippen LogP contribution in [-0.4, -0.2) is 0 Å². The van der Waals surface area contributed by atoms with E-state index in [9.17, 15) is 13.2 Å². The summed E-state index contributed by atoms with van der Waals surface area (Å²) in [6, 6.07) is 4.94. The molecule has 0 aliphatic rings. The molecule has 0 spiro atoms. The van der Waals surface area contributed by atoms with Gasteiger partial charge in [0.2, 0.25) is 0 Å². The van der Waals surface area contributed by atoms with Crippen LogP contribution in [0.4, 0.5) is 13.2 Å². The Hall–Kier alpha value is -0.520. The van der Waals surface area contributed by atoms with Crippen molar-refractivity contribution in [2.24, 2.45) is 0 Å². The molecule has 0 unspecified atom stereocenters. The monoisotopic (exact) mass is 298 g/mol. The minimum Gasteiger partial charge on any atom is -0.166 e. The summed E-state index contributed by atoms with van der Waals surface area (Å²) in [5.74, 6) is 0. The zero-order valence-electron chi connectivity index (χ0n) is 6.53. The van der Waals surface area contributed by atoms with Gasteiger partial charge in [-0.3, -0.25) is 0 Å². The zero-order valence-corrected chi connectivity index (χ0v) is 8.69. The number of hydrogen-bond donors (Lipinski definition) is 0. The van der Waals surface area contributed by atoms with E-state index >= 15 is 0 Å². The van der Waals surface area contributed by atoms with E-state index in [0.29, 0.717) is 5.56 Å². The van der Waals surface area contributed by atoms with Gasteiger partial charge in [0.05, 0.1) is 5.56 Å². The summed E-state index contributed by atoms with van der Waals surface area (Å²) in [6.45, 7) is 3.62. The van der Waals surface area contributed by atoms with Gasteiger partial charge in [-0.25, -0.2) is 0 Å². The van der Waals surface area contributed by atoms with Gasteiger partial charge in [0, 0.05) is 3.58 Å². The molecule has 0 saturated heterocycles. The van der Waals surface area contributed by atoms with E-state index in [0.717, 1.165) is 15.7 Å². The molecule has 0 amide bonds. The van der Waals surface area contributed by atoms with Crippen molar-refractivity contribution in [1.82, 2.24) is 0 Å². The molecular formula is C9H6F3I. The van der Waals surface area contributed by atoms with Gasteiger partial charge in [-0.15, -0.1) is 0 Å². The zero-order chi connectivity index (χ0) is 10.1. The van der Waals surface area contributed by atoms with Crippen molar-refractivity contribution in [1.29, 1.82) is 0 Å². The van der Waals surface area contributed by atoms with Crippen LogP contribution in [0.15, 0.2) is 30.8 Å². The maximum Gasteiger partial charge on any atom is 0.416 e. The van der Waals surface area contributed by atoms with Crippen LogP contribution in [0.5, 0.6) is 0 Å². The van der Waals surface area contributed by atoms with Crippen molar-refractivity contribution in [3.05, 3.63) is 42.0 Å². The molecule has 0 aromatic heterocycles. The van der Waals surface area contributed by atoms with Crippen molar-refractivity contribution in [3.63, 3.8) is 0 Å². The average molecular weight is 298 g/mol. The first-order valence-electron chi connectivity index (χ1n) is 3.43. The largest absolute Gasteiger partial charge is 0.416 e. The topological polar surface area (TPSA) is 0 Å². The van der Waals surface area contributed by atoms with E-state index in [-0.39, 0.29) is 0 Å². The maximum absolute atomic E-state index is 12.1. The summed E-state index contributed by atoms with van der Waals surface area (Å²) in [6.07, 6.45) is -4.26. The smallest absolute Gasteiger partial charge is 0.166 e. The molecule has 0 saturated carbocycles. The first-order chi connectivity index (χ1) is 5.91. The summed E-state index contributed by atoms with van der Waals surface area (Å²) in [5, 5.41) is 0. The molecule has 4 heteroatoms. The highest BCUT2D eigenvalue weighted by Crippen LogP contribution is 2.30. The van der Waals surface area contributed by atoms with Gasteiger partial charge < -0.3 is 0 Å². The van der Waals surface area contributed by atoms with E-state index in [1.165, 1.54) is 12.1 Å². The Labute approximate surface area is 87.6 Å². The Morgan fingerprint density at radius 2 is 1.62 bits per heavy atom. The number of hydrogen-bond acceptors (Lipinski definition) is 0. The predicted molar refractivity (Wildman–Crippen MR) is 54.5 cm³/mol. The lowest BCUT2D eigenvalue weighted by molar-refractivity contribution is -0.137. The molecule has 1 aromatic carbocycles. The second-order valence-electron chi connectivity index (χ2n) is 2.48. The molecule has 0 aliphatic carbocycles. The Bertz CT molecular complexity index is 311. The summed E-state index contributed by atoms with van der Waals surface area (Å²) in [5.41, 5.74) is 0.0856. The molecule has 1 rings (SSSR count). The van der Waals surface area contributed by atoms with Crippen molar-refractivity contribution in [3.8, 4) is 0 Å². The molecule has 0 bridgehead atoms. The van der Waals surface area contributed by atoms with Crippen LogP contribution >= 0.6 is 22.6 Å². The van der Waals surface area contributed by atoms with Gasteiger partial charge in [0.1, 0.15) is 0 Å². The molecule has 0 heterocycles. The first-order valence-corrected chi connectivity index (χ1v) is 4.51. The van der Waals surface area contributed by atoms with Crippen LogP contribution in [0.3, 0.4) is 0 Å². The van der Waals surface area contributed by atoms with E-state index in [2.05, 4.69) is 6.58 Å². The average Bonchev–Trinajstić information content (AvgIpc) is 2.03. The highest BCUT2D eigenvalue weighted by Gasteiger charge is 2.29. The third-order valence-corrected chi connectivity index (χ3v) is 2.15. The second-order valence-corrected chi connectivity index (χ2v) is 3.78. The Morgan fingerprint density at radius 1 is 1.15 bits per heavy atom. The SMILES string of the molecule is C=C(I)c1ccc(C(F)(F)F)cc1. The van der Waals surface area contributed by atoms with Crippen LogP contribution in [-0.2, 0) is 6.18 Å². The Morgan fingerprint density at radius 3 is 1.92 bits per heavy atom. The number of halogens is 4. The van der Waals surface area contributed by atoms with Gasteiger partial charge in [-0.2, -0.15) is 13.2 Å². The fourth-order valence-electron chi connectivity index (χ4n) is 0.840. The number of rotatable bonds is 1. The second kappa shape index (κ2) is 3.69. The molecule has 1 aromatic rings. The lowest BCUT2D eigenvalue weighted by atomic mass is 10.1. The maximum atomic E-state index is 12.1. The molecule has 0 N–H and O–H groups in total. The number of alkyl halides is 3. The van der Waals surface area contributed by atoms with Crippen LogP contribution in [0.25, 0.3) is 3.58 Å². The molecule has 0 fully saturated rings. The van der Waals surface area contributed by atoms with Crippen molar-refractivity contribution in [2.45, 2.75) is 6.18 Å². The van der Waals surface area contributed by atoms with Crippen molar-refractivity contribution >= 4 is 26.2 Å². The normalized spacial score (nSPS) is 11.4. The fraction of sp³-hybridized carbons (Fsp3) is 0.111. The summed E-state index contributed by atoms with van der Waals surface area (Å²) < 4.78 is 37.0. The van der Waals surface area contributed by atoms with Gasteiger partial charge in [-0.1, -0.05) is 18.7 Å². The Kier molecular flexibility index (Phi) is 3.00. The predicted octanol–water partition coefficient (Wildman–Crippen LogP) is 4.11. The van der Waals surface area contributed by atoms with E-state index in [1.54, 1.807) is 0 Å². The molecule has 0 atom stereocenters. The minimum absolute atomic E-state index is 0.631. The summed E-state index contributed by atoms with van der Waals surface area (Å²) in [7, 11) is 0. The molecule has 0 nitrogen and oxygen atoms in total. The van der Waals surface area contributed by atoms with E-state index < -0.39 is 11.7 Å². The van der Waals surface area contributed by atoms with Gasteiger partial charge in [0.15, 0.2) is 0 Å². The lowest BCUT2D eigenvalue weighted by Gasteiger charge is -2.06. The quantitative estimate of drug-likeness (QED) is 0.684. The fourth-order valence-corrected chi connectivity index (χ4v) is 1.20. The van der Waals surface area contributed by atoms with Crippen LogP contribution in [0.2, 0.25) is 0 Å². The van der Waals surface area contributed by atoms with Crippen molar-refractivity contribution in [2.75, 3.05) is 0 Å². The first kappa shape index (κ1) is 10.6. The van der Waals surface area contributed by atoms with Gasteiger partial charge in [-0.05, 0) is 40.3 Å². The third kappa shape index (κ3) is 2.72. The minimum atomic E-state index is -4.26. The summed E-state index contributed by atoms with van der Waals surface area (Å²) in [4.78, 5) is 0. The Balaban J connectivity index is 3.01. The van der Waals surface area contributed by atoms with E-state index in [1.807, 2.05) is 22.6 Å². The molecule has 13 heavy (non-hydrogen) atoms. The lowest BCUT2D eigenvalue weighted by Crippen LogP contribution is -2.04. The molecule has 70 valence electrons. The molecular weight excluding hydrogens is 292 g/mol. The number of benzene rings is 1. The van der Waals surface area contributed by atoms with Crippen LogP contribution in [0, 0.1) is 0 Å². The van der Waals surface area contributed by atoms with E-state index in [4.69, 9.17) is 0 Å². The molecule has 0 aliphatic heterocycles. The van der Waals surface area contributed by atoms with Crippen LogP contribution < -0.4 is 0 Å².